The fourth-order valence-electron chi connectivity index (χ4n) is 0.844. The Morgan fingerprint density at radius 2 is 0.846 bits per heavy atom. The van der Waals surface area contributed by atoms with Crippen molar-refractivity contribution >= 4 is 24.6 Å². The van der Waals surface area contributed by atoms with Crippen molar-refractivity contribution in [2.24, 2.45) is 0 Å². The molecule has 0 fully saturated rings. The molecule has 0 aliphatic carbocycles. The maximum Gasteiger partial charge on any atom is 0.550 e. The minimum atomic E-state index is -1.08. The van der Waals surface area contributed by atoms with Crippen molar-refractivity contribution in [3.05, 3.63) is 0 Å². The molecular formula is C14H24O12. The molecule has 0 amide bonds. The Morgan fingerprint density at radius 1 is 0.577 bits per heavy atom. The van der Waals surface area contributed by atoms with E-state index in [9.17, 15) is 19.2 Å². The Morgan fingerprint density at radius 3 is 1.08 bits per heavy atom. The summed E-state index contributed by atoms with van der Waals surface area (Å²) in [6.07, 6.45) is -5.00. The maximum atomic E-state index is 10.7. The van der Waals surface area contributed by atoms with Gasteiger partial charge in [0.15, 0.2) is 0 Å². The summed E-state index contributed by atoms with van der Waals surface area (Å²) in [6, 6.07) is 0. The summed E-state index contributed by atoms with van der Waals surface area (Å²) < 4.78 is 17.6. The van der Waals surface area contributed by atoms with Crippen LogP contribution in [0.5, 0.6) is 0 Å². The minimum absolute atomic E-state index is 0.144. The molecule has 0 bridgehead atoms. The summed E-state index contributed by atoms with van der Waals surface area (Å²) in [5.74, 6) is 0. The number of ether oxygens (including phenoxy) is 4. The quantitative estimate of drug-likeness (QED) is 0.304. The van der Waals surface area contributed by atoms with Gasteiger partial charge in [0.2, 0.25) is 0 Å². The van der Waals surface area contributed by atoms with Crippen LogP contribution in [0.2, 0.25) is 0 Å². The van der Waals surface area contributed by atoms with Crippen molar-refractivity contribution in [1.29, 1.82) is 0 Å². The van der Waals surface area contributed by atoms with Gasteiger partial charge in [0.05, 0.1) is 25.4 Å². The van der Waals surface area contributed by atoms with Gasteiger partial charge in [-0.05, 0) is 41.5 Å². The van der Waals surface area contributed by atoms with Crippen LogP contribution in [-0.4, -0.2) is 50.0 Å². The van der Waals surface area contributed by atoms with Gasteiger partial charge in [0.1, 0.15) is 0 Å². The SMILES string of the molecule is CC(C)OC(=O)OOC(=O)OC(C)C.CCOC(=O)OOC(=O)OCC. The third-order valence-electron chi connectivity index (χ3n) is 1.54. The van der Waals surface area contributed by atoms with Crippen molar-refractivity contribution in [2.75, 3.05) is 13.2 Å². The van der Waals surface area contributed by atoms with Crippen LogP contribution in [0.3, 0.4) is 0 Å². The predicted octanol–water partition coefficient (Wildman–Crippen LogP) is 3.27. The van der Waals surface area contributed by atoms with E-state index in [4.69, 9.17) is 0 Å². The van der Waals surface area contributed by atoms with Gasteiger partial charge < -0.3 is 18.9 Å². The van der Waals surface area contributed by atoms with Crippen LogP contribution in [0, 0.1) is 0 Å². The molecule has 152 valence electrons. The van der Waals surface area contributed by atoms with Crippen molar-refractivity contribution in [3.63, 3.8) is 0 Å². The number of carbonyl (C=O) groups is 4. The van der Waals surface area contributed by atoms with E-state index in [1.165, 1.54) is 0 Å². The van der Waals surface area contributed by atoms with Crippen LogP contribution in [0.1, 0.15) is 41.5 Å². The second kappa shape index (κ2) is 15.6. The lowest BCUT2D eigenvalue weighted by atomic mass is 10.5. The molecule has 0 saturated carbocycles. The molecule has 0 rings (SSSR count). The van der Waals surface area contributed by atoms with Crippen LogP contribution in [0.4, 0.5) is 19.2 Å². The Kier molecular flexibility index (Phi) is 15.2. The van der Waals surface area contributed by atoms with Gasteiger partial charge in [-0.15, -0.1) is 0 Å². The summed E-state index contributed by atoms with van der Waals surface area (Å²) in [6.45, 7) is 10.00. The third-order valence-corrected chi connectivity index (χ3v) is 1.54. The highest BCUT2D eigenvalue weighted by molar-refractivity contribution is 5.64. The molecule has 0 aromatic heterocycles. The van der Waals surface area contributed by atoms with Crippen molar-refractivity contribution in [2.45, 2.75) is 53.8 Å². The fraction of sp³-hybridized carbons (Fsp3) is 0.714. The van der Waals surface area contributed by atoms with E-state index in [0.717, 1.165) is 0 Å². The number of carbonyl (C=O) groups excluding carboxylic acids is 4. The van der Waals surface area contributed by atoms with Crippen LogP contribution < -0.4 is 0 Å². The molecule has 12 nitrogen and oxygen atoms in total. The van der Waals surface area contributed by atoms with E-state index >= 15 is 0 Å². The maximum absolute atomic E-state index is 10.7. The standard InChI is InChI=1S/C8H14O6.C6H10O6/c1-5(2)11-7(9)13-14-8(10)12-6(3)4;1-3-9-5(7)11-12-6(8)10-4-2/h5-6H,1-4H3;3-4H2,1-2H3. The molecule has 0 radical (unpaired) electrons. The molecule has 0 aliphatic heterocycles. The van der Waals surface area contributed by atoms with E-state index in [1.807, 2.05) is 0 Å². The minimum Gasteiger partial charge on any atom is -0.432 e. The Balaban J connectivity index is 0. The van der Waals surface area contributed by atoms with Gasteiger partial charge in [-0.3, -0.25) is 0 Å². The van der Waals surface area contributed by atoms with E-state index in [1.54, 1.807) is 41.5 Å². The Bertz CT molecular complexity index is 392. The van der Waals surface area contributed by atoms with E-state index < -0.39 is 24.6 Å². The molecule has 26 heavy (non-hydrogen) atoms. The summed E-state index contributed by atoms with van der Waals surface area (Å²) in [5.41, 5.74) is 0. The summed E-state index contributed by atoms with van der Waals surface area (Å²) in [5, 5.41) is 0. The topological polar surface area (TPSA) is 142 Å². The molecule has 0 aromatic carbocycles. The van der Waals surface area contributed by atoms with Crippen molar-refractivity contribution in [1.82, 2.24) is 0 Å². The van der Waals surface area contributed by atoms with E-state index in [-0.39, 0.29) is 25.4 Å². The van der Waals surface area contributed by atoms with Gasteiger partial charge in [0.25, 0.3) is 0 Å². The number of rotatable bonds is 4. The molecule has 0 atom stereocenters. The molecule has 0 aromatic rings. The average molecular weight is 384 g/mol. The second-order valence-corrected chi connectivity index (χ2v) is 4.53. The highest BCUT2D eigenvalue weighted by Gasteiger charge is 2.14. The first-order valence-corrected chi connectivity index (χ1v) is 7.56. The third kappa shape index (κ3) is 19.1. The summed E-state index contributed by atoms with van der Waals surface area (Å²) >= 11 is 0. The lowest BCUT2D eigenvalue weighted by Gasteiger charge is -2.08. The second-order valence-electron chi connectivity index (χ2n) is 4.53. The zero-order valence-electron chi connectivity index (χ0n) is 15.5. The molecule has 0 N–H and O–H groups in total. The molecule has 0 unspecified atom stereocenters. The average Bonchev–Trinajstić information content (AvgIpc) is 2.51. The van der Waals surface area contributed by atoms with E-state index in [2.05, 4.69) is 38.5 Å². The van der Waals surface area contributed by atoms with Crippen molar-refractivity contribution in [3.8, 4) is 0 Å². The highest BCUT2D eigenvalue weighted by Crippen LogP contribution is 1.97. The number of hydrogen-bond acceptors (Lipinski definition) is 12. The summed E-state index contributed by atoms with van der Waals surface area (Å²) in [4.78, 5) is 57.8. The van der Waals surface area contributed by atoms with Gasteiger partial charge in [0, 0.05) is 0 Å². The smallest absolute Gasteiger partial charge is 0.432 e. The van der Waals surface area contributed by atoms with Gasteiger partial charge in [-0.1, -0.05) is 0 Å². The first kappa shape index (κ1) is 25.3. The van der Waals surface area contributed by atoms with Crippen LogP contribution >= 0.6 is 0 Å². The number of hydrogen-bond donors (Lipinski definition) is 0. The first-order chi connectivity index (χ1) is 12.1. The monoisotopic (exact) mass is 384 g/mol. The lowest BCUT2D eigenvalue weighted by Crippen LogP contribution is -2.18. The molecule has 0 heterocycles. The highest BCUT2D eigenvalue weighted by atomic mass is 17.3. The van der Waals surface area contributed by atoms with Gasteiger partial charge in [-0.2, -0.15) is 38.7 Å². The normalized spacial score (nSPS) is 9.23. The zero-order valence-corrected chi connectivity index (χ0v) is 15.5. The summed E-state index contributed by atoms with van der Waals surface area (Å²) in [7, 11) is 0. The van der Waals surface area contributed by atoms with Crippen molar-refractivity contribution < 1.29 is 57.7 Å². The molecular weight excluding hydrogens is 360 g/mol. The molecule has 12 heteroatoms. The Hall–Kier alpha value is -2.92. The van der Waals surface area contributed by atoms with E-state index in [0.29, 0.717) is 0 Å². The lowest BCUT2D eigenvalue weighted by molar-refractivity contribution is -0.222. The molecule has 0 saturated heterocycles. The largest absolute Gasteiger partial charge is 0.550 e. The fourth-order valence-corrected chi connectivity index (χ4v) is 0.844. The first-order valence-electron chi connectivity index (χ1n) is 7.56. The predicted molar refractivity (Wildman–Crippen MR) is 81.6 cm³/mol. The van der Waals surface area contributed by atoms with Crippen LogP contribution in [-0.2, 0) is 38.5 Å². The zero-order chi connectivity index (χ0) is 20.5. The van der Waals surface area contributed by atoms with Crippen LogP contribution in [0.25, 0.3) is 0 Å². The van der Waals surface area contributed by atoms with Gasteiger partial charge >= 0.3 is 24.6 Å². The van der Waals surface area contributed by atoms with Crippen LogP contribution in [0.15, 0.2) is 0 Å². The Labute approximate surface area is 150 Å². The molecule has 0 aliphatic rings. The van der Waals surface area contributed by atoms with Gasteiger partial charge in [-0.25, -0.2) is 0 Å². The molecule has 0 spiro atoms.